The third kappa shape index (κ3) is 1.91. The zero-order valence-electron chi connectivity index (χ0n) is 7.30. The summed E-state index contributed by atoms with van der Waals surface area (Å²) < 4.78 is 6.09. The van der Waals surface area contributed by atoms with E-state index in [1.807, 2.05) is 0 Å². The molecule has 0 aliphatic rings. The van der Waals surface area contributed by atoms with E-state index in [4.69, 9.17) is 10.3 Å². The summed E-state index contributed by atoms with van der Waals surface area (Å²) in [6, 6.07) is 0. The standard InChI is InChI=1S/C8H13IN2O/c1-3-4-5(2)7-6(9)8(10)11-12-7/h5H,3-4H2,1-2H3,(H2,10,11). The average Bonchev–Trinajstić information content (AvgIpc) is 2.34. The Balaban J connectivity index is 2.80. The number of nitrogens with two attached hydrogens (primary N) is 1. The molecule has 1 aromatic heterocycles. The summed E-state index contributed by atoms with van der Waals surface area (Å²) in [5.41, 5.74) is 5.56. The van der Waals surface area contributed by atoms with Crippen LogP contribution in [0.15, 0.2) is 4.52 Å². The van der Waals surface area contributed by atoms with E-state index in [1.165, 1.54) is 0 Å². The topological polar surface area (TPSA) is 52.0 Å². The summed E-state index contributed by atoms with van der Waals surface area (Å²) in [5.74, 6) is 1.86. The van der Waals surface area contributed by atoms with Crippen LogP contribution in [0, 0.1) is 3.57 Å². The van der Waals surface area contributed by atoms with Crippen molar-refractivity contribution in [2.24, 2.45) is 0 Å². The molecule has 3 nitrogen and oxygen atoms in total. The zero-order valence-corrected chi connectivity index (χ0v) is 9.46. The van der Waals surface area contributed by atoms with Crippen molar-refractivity contribution in [3.05, 3.63) is 9.33 Å². The Morgan fingerprint density at radius 2 is 2.33 bits per heavy atom. The first-order valence-electron chi connectivity index (χ1n) is 4.07. The highest BCUT2D eigenvalue weighted by Gasteiger charge is 2.16. The van der Waals surface area contributed by atoms with Crippen LogP contribution in [0.3, 0.4) is 0 Å². The molecule has 1 unspecified atom stereocenters. The maximum atomic E-state index is 5.56. The molecular formula is C8H13IN2O. The Morgan fingerprint density at radius 3 is 2.75 bits per heavy atom. The molecule has 0 saturated carbocycles. The predicted molar refractivity (Wildman–Crippen MR) is 57.0 cm³/mol. The minimum atomic E-state index is 0.423. The van der Waals surface area contributed by atoms with Gasteiger partial charge in [0, 0.05) is 5.92 Å². The molecule has 1 atom stereocenters. The van der Waals surface area contributed by atoms with Gasteiger partial charge in [-0.15, -0.1) is 0 Å². The molecule has 0 fully saturated rings. The van der Waals surface area contributed by atoms with E-state index in [9.17, 15) is 0 Å². The third-order valence-electron chi connectivity index (χ3n) is 1.85. The molecule has 12 heavy (non-hydrogen) atoms. The molecule has 0 aromatic carbocycles. The van der Waals surface area contributed by atoms with E-state index in [0.717, 1.165) is 22.2 Å². The lowest BCUT2D eigenvalue weighted by atomic mass is 10.0. The third-order valence-corrected chi connectivity index (χ3v) is 2.94. The van der Waals surface area contributed by atoms with Crippen LogP contribution in [-0.2, 0) is 0 Å². The second-order valence-electron chi connectivity index (χ2n) is 2.94. The summed E-state index contributed by atoms with van der Waals surface area (Å²) in [4.78, 5) is 0. The van der Waals surface area contributed by atoms with Gasteiger partial charge < -0.3 is 10.3 Å². The van der Waals surface area contributed by atoms with Gasteiger partial charge in [0.25, 0.3) is 0 Å². The average molecular weight is 280 g/mol. The van der Waals surface area contributed by atoms with Gasteiger partial charge in [-0.2, -0.15) is 0 Å². The molecule has 1 rings (SSSR count). The summed E-state index contributed by atoms with van der Waals surface area (Å²) in [5, 5.41) is 3.71. The van der Waals surface area contributed by atoms with Gasteiger partial charge in [-0.05, 0) is 29.0 Å². The molecule has 0 radical (unpaired) electrons. The maximum Gasteiger partial charge on any atom is 0.180 e. The van der Waals surface area contributed by atoms with Crippen LogP contribution in [0.5, 0.6) is 0 Å². The van der Waals surface area contributed by atoms with Crippen molar-refractivity contribution in [3.8, 4) is 0 Å². The summed E-state index contributed by atoms with van der Waals surface area (Å²) in [7, 11) is 0. The largest absolute Gasteiger partial charge is 0.380 e. The van der Waals surface area contributed by atoms with Crippen molar-refractivity contribution in [2.75, 3.05) is 5.73 Å². The van der Waals surface area contributed by atoms with Crippen molar-refractivity contribution in [3.63, 3.8) is 0 Å². The van der Waals surface area contributed by atoms with Crippen LogP contribution in [0.2, 0.25) is 0 Å². The Labute approximate surface area is 85.8 Å². The Hall–Kier alpha value is -0.260. The molecule has 1 heterocycles. The van der Waals surface area contributed by atoms with Crippen LogP contribution in [0.4, 0.5) is 5.82 Å². The van der Waals surface area contributed by atoms with Crippen LogP contribution in [0.25, 0.3) is 0 Å². The van der Waals surface area contributed by atoms with Gasteiger partial charge >= 0.3 is 0 Å². The quantitative estimate of drug-likeness (QED) is 0.866. The van der Waals surface area contributed by atoms with Crippen LogP contribution in [0.1, 0.15) is 38.4 Å². The SMILES string of the molecule is CCCC(C)c1onc(N)c1I. The first-order valence-corrected chi connectivity index (χ1v) is 5.15. The lowest BCUT2D eigenvalue weighted by Crippen LogP contribution is -1.94. The van der Waals surface area contributed by atoms with Gasteiger partial charge in [0.1, 0.15) is 0 Å². The van der Waals surface area contributed by atoms with E-state index in [0.29, 0.717) is 11.7 Å². The van der Waals surface area contributed by atoms with Crippen LogP contribution >= 0.6 is 22.6 Å². The Morgan fingerprint density at radius 1 is 1.67 bits per heavy atom. The fraction of sp³-hybridized carbons (Fsp3) is 0.625. The van der Waals surface area contributed by atoms with Gasteiger partial charge in [-0.25, -0.2) is 0 Å². The Kier molecular flexibility index (Phi) is 3.37. The summed E-state index contributed by atoms with van der Waals surface area (Å²) in [6.45, 7) is 4.29. The first-order chi connectivity index (χ1) is 5.66. The van der Waals surface area contributed by atoms with Gasteiger partial charge in [-0.1, -0.05) is 25.4 Å². The van der Waals surface area contributed by atoms with E-state index < -0.39 is 0 Å². The van der Waals surface area contributed by atoms with Gasteiger partial charge in [0.2, 0.25) is 0 Å². The molecule has 0 saturated heterocycles. The number of aromatic nitrogens is 1. The van der Waals surface area contributed by atoms with E-state index in [2.05, 4.69) is 41.6 Å². The second kappa shape index (κ2) is 4.11. The van der Waals surface area contributed by atoms with E-state index in [1.54, 1.807) is 0 Å². The smallest absolute Gasteiger partial charge is 0.180 e. The van der Waals surface area contributed by atoms with E-state index in [-0.39, 0.29) is 0 Å². The lowest BCUT2D eigenvalue weighted by molar-refractivity contribution is 0.360. The molecule has 0 aliphatic carbocycles. The second-order valence-corrected chi connectivity index (χ2v) is 4.01. The van der Waals surface area contributed by atoms with Crippen molar-refractivity contribution in [1.82, 2.24) is 5.16 Å². The fourth-order valence-corrected chi connectivity index (χ4v) is 1.90. The monoisotopic (exact) mass is 280 g/mol. The lowest BCUT2D eigenvalue weighted by Gasteiger charge is -2.04. The summed E-state index contributed by atoms with van der Waals surface area (Å²) >= 11 is 2.17. The highest BCUT2D eigenvalue weighted by Crippen LogP contribution is 2.28. The first kappa shape index (κ1) is 9.83. The minimum Gasteiger partial charge on any atom is -0.380 e. The highest BCUT2D eigenvalue weighted by atomic mass is 127. The molecule has 0 spiro atoms. The highest BCUT2D eigenvalue weighted by molar-refractivity contribution is 14.1. The Bertz CT molecular complexity index is 260. The number of hydrogen-bond donors (Lipinski definition) is 1. The normalized spacial score (nSPS) is 13.2. The molecule has 0 aliphatic heterocycles. The molecule has 1 aromatic rings. The predicted octanol–water partition coefficient (Wildman–Crippen LogP) is 2.77. The van der Waals surface area contributed by atoms with Crippen molar-refractivity contribution in [2.45, 2.75) is 32.6 Å². The van der Waals surface area contributed by atoms with Crippen molar-refractivity contribution in [1.29, 1.82) is 0 Å². The molecule has 4 heteroatoms. The number of anilines is 1. The molecule has 0 bridgehead atoms. The van der Waals surface area contributed by atoms with Gasteiger partial charge in [0.15, 0.2) is 11.6 Å². The molecule has 68 valence electrons. The maximum absolute atomic E-state index is 5.56. The number of hydrogen-bond acceptors (Lipinski definition) is 3. The van der Waals surface area contributed by atoms with Gasteiger partial charge in [0.05, 0.1) is 3.57 Å². The molecule has 0 amide bonds. The number of rotatable bonds is 3. The van der Waals surface area contributed by atoms with Crippen LogP contribution in [-0.4, -0.2) is 5.16 Å². The van der Waals surface area contributed by atoms with E-state index >= 15 is 0 Å². The number of halogens is 1. The van der Waals surface area contributed by atoms with Crippen molar-refractivity contribution >= 4 is 28.4 Å². The minimum absolute atomic E-state index is 0.423. The molecule has 2 N–H and O–H groups in total. The van der Waals surface area contributed by atoms with Gasteiger partial charge in [-0.3, -0.25) is 0 Å². The van der Waals surface area contributed by atoms with Crippen molar-refractivity contribution < 1.29 is 4.52 Å². The summed E-state index contributed by atoms with van der Waals surface area (Å²) in [6.07, 6.45) is 2.27. The zero-order chi connectivity index (χ0) is 9.14. The number of nitrogen functional groups attached to an aromatic ring is 1. The molecular weight excluding hydrogens is 267 g/mol. The van der Waals surface area contributed by atoms with Crippen LogP contribution < -0.4 is 5.73 Å². The number of nitrogens with zero attached hydrogens (tertiary/aromatic N) is 1. The fourth-order valence-electron chi connectivity index (χ4n) is 1.18.